The molecule has 0 spiro atoms. The molecule has 0 saturated carbocycles. The Morgan fingerprint density at radius 3 is 2.66 bits per heavy atom. The van der Waals surface area contributed by atoms with Crippen molar-refractivity contribution in [3.8, 4) is 5.69 Å². The van der Waals surface area contributed by atoms with E-state index in [2.05, 4.69) is 5.10 Å². The fourth-order valence-electron chi connectivity index (χ4n) is 3.93. The van der Waals surface area contributed by atoms with E-state index < -0.39 is 5.97 Å². The van der Waals surface area contributed by atoms with Crippen LogP contribution in [0.1, 0.15) is 28.9 Å². The van der Waals surface area contributed by atoms with Crippen molar-refractivity contribution < 1.29 is 18.7 Å². The van der Waals surface area contributed by atoms with Crippen LogP contribution >= 0.6 is 0 Å². The second-order valence-electron chi connectivity index (χ2n) is 7.69. The summed E-state index contributed by atoms with van der Waals surface area (Å²) in [6, 6.07) is 13.8. The van der Waals surface area contributed by atoms with Crippen LogP contribution in [0.2, 0.25) is 0 Å². The molecule has 1 amide bonds. The fourth-order valence-corrected chi connectivity index (χ4v) is 3.93. The molecular formula is C25H24FN3O3. The van der Waals surface area contributed by atoms with E-state index >= 15 is 0 Å². The monoisotopic (exact) mass is 433 g/mol. The maximum atomic E-state index is 13.2. The lowest BCUT2D eigenvalue weighted by Crippen LogP contribution is -2.38. The highest BCUT2D eigenvalue weighted by Crippen LogP contribution is 2.26. The topological polar surface area (TPSA) is 64.4 Å². The summed E-state index contributed by atoms with van der Waals surface area (Å²) in [5.41, 5.74) is 5.03. The van der Waals surface area contributed by atoms with Gasteiger partial charge in [-0.05, 0) is 68.7 Å². The Kier molecular flexibility index (Phi) is 6.16. The number of carbonyl (C=O) groups is 2. The summed E-state index contributed by atoms with van der Waals surface area (Å²) in [5, 5.41) is 4.47. The molecule has 0 radical (unpaired) electrons. The lowest BCUT2D eigenvalue weighted by molar-refractivity contribution is -0.142. The predicted molar refractivity (Wildman–Crippen MR) is 120 cm³/mol. The standard InChI is InChI=1S/C25H24FN3O3/c1-17-22(18(2)29(27-17)21-11-9-20(26)10-12-21)13-14-25(31)32-16-24(30)28-15-5-7-19-6-3-4-8-23(19)28/h3-4,6,8-14H,5,7,15-16H2,1-2H3. The number of carbonyl (C=O) groups excluding carboxylic acids is 2. The van der Waals surface area contributed by atoms with Gasteiger partial charge in [-0.1, -0.05) is 18.2 Å². The number of esters is 1. The Labute approximate surface area is 185 Å². The number of ether oxygens (including phenoxy) is 1. The largest absolute Gasteiger partial charge is 0.452 e. The molecule has 1 aliphatic heterocycles. The smallest absolute Gasteiger partial charge is 0.331 e. The van der Waals surface area contributed by atoms with Crippen molar-refractivity contribution in [1.29, 1.82) is 0 Å². The maximum absolute atomic E-state index is 13.2. The summed E-state index contributed by atoms with van der Waals surface area (Å²) in [4.78, 5) is 26.5. The van der Waals surface area contributed by atoms with Crippen LogP contribution < -0.4 is 4.90 Å². The van der Waals surface area contributed by atoms with Crippen molar-refractivity contribution in [2.45, 2.75) is 26.7 Å². The molecular weight excluding hydrogens is 409 g/mol. The van der Waals surface area contributed by atoms with Gasteiger partial charge in [0.1, 0.15) is 5.82 Å². The van der Waals surface area contributed by atoms with Crippen molar-refractivity contribution in [1.82, 2.24) is 9.78 Å². The van der Waals surface area contributed by atoms with Crippen LogP contribution in [0.15, 0.2) is 54.6 Å². The van der Waals surface area contributed by atoms with Gasteiger partial charge in [0, 0.05) is 29.6 Å². The molecule has 32 heavy (non-hydrogen) atoms. The highest BCUT2D eigenvalue weighted by Gasteiger charge is 2.22. The average Bonchev–Trinajstić information content (AvgIpc) is 3.09. The quantitative estimate of drug-likeness (QED) is 0.448. The Morgan fingerprint density at radius 1 is 1.12 bits per heavy atom. The van der Waals surface area contributed by atoms with Crippen LogP contribution in [0.3, 0.4) is 0 Å². The Bertz CT molecular complexity index is 1180. The Morgan fingerprint density at radius 2 is 1.88 bits per heavy atom. The van der Waals surface area contributed by atoms with Gasteiger partial charge in [0.15, 0.2) is 6.61 Å². The van der Waals surface area contributed by atoms with E-state index in [9.17, 15) is 14.0 Å². The predicted octanol–water partition coefficient (Wildman–Crippen LogP) is 4.16. The SMILES string of the molecule is Cc1nn(-c2ccc(F)cc2)c(C)c1C=CC(=O)OCC(=O)N1CCCc2ccccc21. The molecule has 6 nitrogen and oxygen atoms in total. The minimum Gasteiger partial charge on any atom is -0.452 e. The van der Waals surface area contributed by atoms with Gasteiger partial charge in [-0.25, -0.2) is 13.9 Å². The molecule has 2 aromatic carbocycles. The number of para-hydroxylation sites is 1. The fraction of sp³-hybridized carbons (Fsp3) is 0.240. The molecule has 2 heterocycles. The number of amides is 1. The van der Waals surface area contributed by atoms with E-state index in [1.807, 2.05) is 38.1 Å². The average molecular weight is 433 g/mol. The first-order valence-electron chi connectivity index (χ1n) is 10.5. The zero-order valence-electron chi connectivity index (χ0n) is 18.0. The normalized spacial score (nSPS) is 13.3. The third-order valence-electron chi connectivity index (χ3n) is 5.55. The second kappa shape index (κ2) is 9.18. The van der Waals surface area contributed by atoms with Crippen molar-refractivity contribution in [3.63, 3.8) is 0 Å². The molecule has 0 saturated heterocycles. The van der Waals surface area contributed by atoms with Crippen molar-refractivity contribution in [2.24, 2.45) is 0 Å². The number of rotatable bonds is 5. The summed E-state index contributed by atoms with van der Waals surface area (Å²) in [5.74, 6) is -1.16. The highest BCUT2D eigenvalue weighted by atomic mass is 19.1. The van der Waals surface area contributed by atoms with Gasteiger partial charge >= 0.3 is 5.97 Å². The molecule has 0 atom stereocenters. The third-order valence-corrected chi connectivity index (χ3v) is 5.55. The number of hydrogen-bond acceptors (Lipinski definition) is 4. The molecule has 4 rings (SSSR count). The number of aryl methyl sites for hydroxylation is 2. The third kappa shape index (κ3) is 4.46. The van der Waals surface area contributed by atoms with Gasteiger partial charge in [-0.15, -0.1) is 0 Å². The summed E-state index contributed by atoms with van der Waals surface area (Å²) < 4.78 is 20.1. The number of aromatic nitrogens is 2. The van der Waals surface area contributed by atoms with Crippen LogP contribution in [-0.4, -0.2) is 34.8 Å². The number of hydrogen-bond donors (Lipinski definition) is 0. The van der Waals surface area contributed by atoms with Crippen LogP contribution in [-0.2, 0) is 20.7 Å². The van der Waals surface area contributed by atoms with E-state index in [4.69, 9.17) is 4.74 Å². The first-order chi connectivity index (χ1) is 15.4. The van der Waals surface area contributed by atoms with E-state index in [0.717, 1.165) is 46.7 Å². The molecule has 7 heteroatoms. The molecule has 1 aromatic heterocycles. The first-order valence-corrected chi connectivity index (χ1v) is 10.5. The van der Waals surface area contributed by atoms with Crippen molar-refractivity contribution in [2.75, 3.05) is 18.1 Å². The van der Waals surface area contributed by atoms with Crippen molar-refractivity contribution in [3.05, 3.63) is 82.9 Å². The summed E-state index contributed by atoms with van der Waals surface area (Å²) in [6.45, 7) is 4.00. The number of benzene rings is 2. The molecule has 164 valence electrons. The molecule has 0 bridgehead atoms. The Hall–Kier alpha value is -3.74. The van der Waals surface area contributed by atoms with Gasteiger partial charge < -0.3 is 9.64 Å². The van der Waals surface area contributed by atoms with Gasteiger partial charge in [-0.2, -0.15) is 5.10 Å². The lowest BCUT2D eigenvalue weighted by atomic mass is 10.0. The second-order valence-corrected chi connectivity index (χ2v) is 7.69. The van der Waals surface area contributed by atoms with Crippen LogP contribution in [0.4, 0.5) is 10.1 Å². The van der Waals surface area contributed by atoms with Crippen LogP contribution in [0.25, 0.3) is 11.8 Å². The van der Waals surface area contributed by atoms with Gasteiger partial charge in [0.2, 0.25) is 0 Å². The van der Waals surface area contributed by atoms with E-state index in [-0.39, 0.29) is 18.3 Å². The molecule has 0 N–H and O–H groups in total. The summed E-state index contributed by atoms with van der Waals surface area (Å²) >= 11 is 0. The number of fused-ring (bicyclic) bond motifs is 1. The first kappa shape index (κ1) is 21.5. The van der Waals surface area contributed by atoms with E-state index in [1.54, 1.807) is 27.8 Å². The minimum absolute atomic E-state index is 0.240. The van der Waals surface area contributed by atoms with Crippen LogP contribution in [0.5, 0.6) is 0 Å². The number of halogens is 1. The molecule has 1 aliphatic rings. The van der Waals surface area contributed by atoms with Gasteiger partial charge in [0.05, 0.1) is 11.4 Å². The molecule has 0 fully saturated rings. The zero-order chi connectivity index (χ0) is 22.7. The highest BCUT2D eigenvalue weighted by molar-refractivity contribution is 5.97. The molecule has 0 aliphatic carbocycles. The lowest BCUT2D eigenvalue weighted by Gasteiger charge is -2.29. The maximum Gasteiger partial charge on any atom is 0.331 e. The summed E-state index contributed by atoms with van der Waals surface area (Å²) in [6.07, 6.45) is 4.74. The number of nitrogens with zero attached hydrogens (tertiary/aromatic N) is 3. The van der Waals surface area contributed by atoms with E-state index in [0.29, 0.717) is 6.54 Å². The molecule has 0 unspecified atom stereocenters. The summed E-state index contributed by atoms with van der Waals surface area (Å²) in [7, 11) is 0. The van der Waals surface area contributed by atoms with Crippen LogP contribution in [0, 0.1) is 19.7 Å². The van der Waals surface area contributed by atoms with Gasteiger partial charge in [0.25, 0.3) is 5.91 Å². The Balaban J connectivity index is 1.40. The van der Waals surface area contributed by atoms with Gasteiger partial charge in [-0.3, -0.25) is 4.79 Å². The van der Waals surface area contributed by atoms with E-state index in [1.165, 1.54) is 18.2 Å². The zero-order valence-corrected chi connectivity index (χ0v) is 18.0. The number of anilines is 1. The molecule has 3 aromatic rings. The van der Waals surface area contributed by atoms with Crippen molar-refractivity contribution >= 4 is 23.6 Å². The minimum atomic E-state index is -0.600.